The Morgan fingerprint density at radius 3 is 2.34 bits per heavy atom. The van der Waals surface area contributed by atoms with Gasteiger partial charge in [-0.05, 0) is 42.8 Å². The number of rotatable bonds is 9. The van der Waals surface area contributed by atoms with Gasteiger partial charge in [0.2, 0.25) is 10.0 Å². The molecule has 0 aliphatic carbocycles. The van der Waals surface area contributed by atoms with Gasteiger partial charge in [0.05, 0.1) is 4.90 Å². The van der Waals surface area contributed by atoms with Crippen molar-refractivity contribution in [2.75, 3.05) is 57.3 Å². The molecule has 1 amide bonds. The molecule has 0 unspecified atom stereocenters. The van der Waals surface area contributed by atoms with Crippen molar-refractivity contribution in [2.24, 2.45) is 0 Å². The second-order valence-electron chi connectivity index (χ2n) is 8.04. The topological polar surface area (TPSA) is 73.0 Å². The van der Waals surface area contributed by atoms with Crippen LogP contribution >= 0.6 is 0 Å². The highest BCUT2D eigenvalue weighted by Gasteiger charge is 2.22. The fourth-order valence-electron chi connectivity index (χ4n) is 3.99. The van der Waals surface area contributed by atoms with Gasteiger partial charge >= 0.3 is 0 Å². The lowest BCUT2D eigenvalue weighted by atomic mass is 10.2. The van der Waals surface area contributed by atoms with E-state index in [1.54, 1.807) is 26.0 Å². The van der Waals surface area contributed by atoms with Crippen LogP contribution in [0.15, 0.2) is 53.4 Å². The Labute approximate surface area is 192 Å². The average Bonchev–Trinajstić information content (AvgIpc) is 2.80. The number of carbonyl (C=O) groups is 1. The molecule has 1 N–H and O–H groups in total. The Morgan fingerprint density at radius 1 is 1.00 bits per heavy atom. The molecule has 1 aliphatic heterocycles. The number of nitrogens with zero attached hydrogens (tertiary/aromatic N) is 3. The van der Waals surface area contributed by atoms with Gasteiger partial charge in [-0.3, -0.25) is 9.69 Å². The Kier molecular flexibility index (Phi) is 8.28. The smallest absolute Gasteiger partial charge is 0.251 e. The maximum Gasteiger partial charge on any atom is 0.251 e. The maximum atomic E-state index is 12.7. The van der Waals surface area contributed by atoms with Crippen molar-refractivity contribution < 1.29 is 13.2 Å². The number of sulfonamides is 1. The lowest BCUT2D eigenvalue weighted by Crippen LogP contribution is -2.48. The molecular formula is C24H34N4O3S. The first-order valence-electron chi connectivity index (χ1n) is 11.3. The molecule has 174 valence electrons. The van der Waals surface area contributed by atoms with Crippen LogP contribution < -0.4 is 10.2 Å². The molecule has 1 fully saturated rings. The molecule has 0 radical (unpaired) electrons. The molecule has 2 aromatic carbocycles. The van der Waals surface area contributed by atoms with E-state index in [1.807, 2.05) is 0 Å². The predicted molar refractivity (Wildman–Crippen MR) is 129 cm³/mol. The zero-order chi connectivity index (χ0) is 23.1. The van der Waals surface area contributed by atoms with Crippen molar-refractivity contribution in [3.05, 3.63) is 59.7 Å². The third kappa shape index (κ3) is 5.88. The van der Waals surface area contributed by atoms with Crippen LogP contribution in [0.2, 0.25) is 0 Å². The zero-order valence-electron chi connectivity index (χ0n) is 19.3. The van der Waals surface area contributed by atoms with Gasteiger partial charge in [0.15, 0.2) is 0 Å². The highest BCUT2D eigenvalue weighted by molar-refractivity contribution is 7.89. The summed E-state index contributed by atoms with van der Waals surface area (Å²) in [5.74, 6) is -0.250. The van der Waals surface area contributed by atoms with Crippen molar-refractivity contribution in [1.29, 1.82) is 0 Å². The number of carbonyl (C=O) groups excluding carboxylic acids is 1. The summed E-state index contributed by atoms with van der Waals surface area (Å²) in [6.07, 6.45) is 0. The Bertz CT molecular complexity index is 1010. The largest absolute Gasteiger partial charge is 0.369 e. The van der Waals surface area contributed by atoms with Crippen molar-refractivity contribution in [3.63, 3.8) is 0 Å². The molecule has 7 nitrogen and oxygen atoms in total. The summed E-state index contributed by atoms with van der Waals surface area (Å²) in [5.41, 5.74) is 2.89. The normalized spacial score (nSPS) is 15.2. The molecule has 8 heteroatoms. The zero-order valence-corrected chi connectivity index (χ0v) is 20.1. The third-order valence-electron chi connectivity index (χ3n) is 5.89. The molecule has 0 atom stereocenters. The SMILES string of the molecule is CCN(CC)S(=O)(=O)c1cccc(C(=O)NCCN2CCN(c3cccc(C)c3)CC2)c1. The first-order valence-corrected chi connectivity index (χ1v) is 12.7. The molecule has 1 heterocycles. The predicted octanol–water partition coefficient (Wildman–Crippen LogP) is 2.58. The number of piperazine rings is 1. The minimum Gasteiger partial charge on any atom is -0.369 e. The van der Waals surface area contributed by atoms with E-state index in [9.17, 15) is 13.2 Å². The summed E-state index contributed by atoms with van der Waals surface area (Å²) in [7, 11) is -3.59. The van der Waals surface area contributed by atoms with Gasteiger partial charge in [0, 0.05) is 63.6 Å². The minimum atomic E-state index is -3.59. The third-order valence-corrected chi connectivity index (χ3v) is 7.94. The molecule has 0 spiro atoms. The number of hydrogen-bond acceptors (Lipinski definition) is 5. The van der Waals surface area contributed by atoms with Gasteiger partial charge in [0.25, 0.3) is 5.91 Å². The molecule has 2 aromatic rings. The summed E-state index contributed by atoms with van der Waals surface area (Å²) in [5, 5.41) is 2.93. The number of benzene rings is 2. The van der Waals surface area contributed by atoms with E-state index in [0.717, 1.165) is 32.7 Å². The Hall–Kier alpha value is -2.42. The van der Waals surface area contributed by atoms with Crippen LogP contribution in [0.1, 0.15) is 29.8 Å². The summed E-state index contributed by atoms with van der Waals surface area (Å²) in [6, 6.07) is 14.8. The fourth-order valence-corrected chi connectivity index (χ4v) is 5.50. The van der Waals surface area contributed by atoms with Crippen LogP contribution in [0.25, 0.3) is 0 Å². The molecular weight excluding hydrogens is 424 g/mol. The number of aryl methyl sites for hydroxylation is 1. The van der Waals surface area contributed by atoms with Crippen LogP contribution in [0.4, 0.5) is 5.69 Å². The summed E-state index contributed by atoms with van der Waals surface area (Å²) in [4.78, 5) is 17.5. The van der Waals surface area contributed by atoms with Gasteiger partial charge in [-0.2, -0.15) is 4.31 Å². The first-order chi connectivity index (χ1) is 15.3. The van der Waals surface area contributed by atoms with E-state index >= 15 is 0 Å². The standard InChI is InChI=1S/C24H34N4O3S/c1-4-28(5-2)32(30,31)23-11-7-9-21(19-23)24(29)25-12-13-26-14-16-27(17-15-26)22-10-6-8-20(3)18-22/h6-11,18-19H,4-5,12-17H2,1-3H3,(H,25,29). The van der Waals surface area contributed by atoms with Gasteiger partial charge in [-0.25, -0.2) is 8.42 Å². The maximum absolute atomic E-state index is 12.7. The highest BCUT2D eigenvalue weighted by Crippen LogP contribution is 2.18. The fraction of sp³-hybridized carbons (Fsp3) is 0.458. The second kappa shape index (κ2) is 10.9. The molecule has 0 saturated carbocycles. The minimum absolute atomic E-state index is 0.154. The number of amides is 1. The Morgan fingerprint density at radius 2 is 1.69 bits per heavy atom. The average molecular weight is 459 g/mol. The lowest BCUT2D eigenvalue weighted by molar-refractivity contribution is 0.0947. The van der Waals surface area contributed by atoms with E-state index < -0.39 is 10.0 Å². The monoisotopic (exact) mass is 458 g/mol. The van der Waals surface area contributed by atoms with E-state index in [4.69, 9.17) is 0 Å². The highest BCUT2D eigenvalue weighted by atomic mass is 32.2. The lowest BCUT2D eigenvalue weighted by Gasteiger charge is -2.36. The van der Waals surface area contributed by atoms with Gasteiger partial charge < -0.3 is 10.2 Å². The molecule has 0 aromatic heterocycles. The quantitative estimate of drug-likeness (QED) is 0.625. The van der Waals surface area contributed by atoms with Crippen LogP contribution in [0.3, 0.4) is 0 Å². The first kappa shape index (κ1) is 24.2. The summed E-state index contributed by atoms with van der Waals surface area (Å²) >= 11 is 0. The van der Waals surface area contributed by atoms with Gasteiger partial charge in [-0.15, -0.1) is 0 Å². The number of anilines is 1. The van der Waals surface area contributed by atoms with Crippen molar-refractivity contribution in [1.82, 2.24) is 14.5 Å². The van der Waals surface area contributed by atoms with Crippen LogP contribution in [-0.4, -0.2) is 75.9 Å². The second-order valence-corrected chi connectivity index (χ2v) is 9.98. The van der Waals surface area contributed by atoms with Crippen molar-refractivity contribution in [3.8, 4) is 0 Å². The summed E-state index contributed by atoms with van der Waals surface area (Å²) < 4.78 is 26.8. The summed E-state index contributed by atoms with van der Waals surface area (Å²) in [6.45, 7) is 11.6. The van der Waals surface area contributed by atoms with E-state index in [1.165, 1.54) is 27.7 Å². The molecule has 1 saturated heterocycles. The Balaban J connectivity index is 1.50. The van der Waals surface area contributed by atoms with Crippen molar-refractivity contribution in [2.45, 2.75) is 25.7 Å². The van der Waals surface area contributed by atoms with Crippen LogP contribution in [0, 0.1) is 6.92 Å². The molecule has 0 bridgehead atoms. The molecule has 1 aliphatic rings. The van der Waals surface area contributed by atoms with E-state index in [2.05, 4.69) is 46.3 Å². The van der Waals surface area contributed by atoms with E-state index in [-0.39, 0.29) is 10.8 Å². The van der Waals surface area contributed by atoms with Crippen LogP contribution in [0.5, 0.6) is 0 Å². The van der Waals surface area contributed by atoms with Gasteiger partial charge in [-0.1, -0.05) is 32.0 Å². The van der Waals surface area contributed by atoms with Crippen molar-refractivity contribution >= 4 is 21.6 Å². The molecule has 32 heavy (non-hydrogen) atoms. The van der Waals surface area contributed by atoms with E-state index in [0.29, 0.717) is 25.2 Å². The van der Waals surface area contributed by atoms with Gasteiger partial charge in [0.1, 0.15) is 0 Å². The number of hydrogen-bond donors (Lipinski definition) is 1. The number of nitrogens with one attached hydrogen (secondary N) is 1. The van der Waals surface area contributed by atoms with Crippen LogP contribution in [-0.2, 0) is 10.0 Å². The molecule has 3 rings (SSSR count).